The fourth-order valence-electron chi connectivity index (χ4n) is 2.49. The Bertz CT molecular complexity index is 321. The molecule has 2 nitrogen and oxygen atoms in total. The van der Waals surface area contributed by atoms with E-state index in [-0.39, 0.29) is 0 Å². The molecule has 3 unspecified atom stereocenters. The molecule has 1 aromatic rings. The Morgan fingerprint density at radius 2 is 2.33 bits per heavy atom. The van der Waals surface area contributed by atoms with Crippen LogP contribution in [0, 0.1) is 11.8 Å². The smallest absolute Gasteiger partial charge is 0.0945 e. The van der Waals surface area contributed by atoms with Gasteiger partial charge in [-0.2, -0.15) is 0 Å². The van der Waals surface area contributed by atoms with Crippen LogP contribution < -0.4 is 0 Å². The molecule has 84 valence electrons. The van der Waals surface area contributed by atoms with Crippen molar-refractivity contribution in [1.29, 1.82) is 0 Å². The Balaban J connectivity index is 2.01. The molecule has 0 amide bonds. The molecule has 0 aliphatic heterocycles. The van der Waals surface area contributed by atoms with E-state index in [2.05, 4.69) is 39.5 Å². The van der Waals surface area contributed by atoms with E-state index in [9.17, 15) is 0 Å². The van der Waals surface area contributed by atoms with Gasteiger partial charge in [0.15, 0.2) is 0 Å². The minimum absolute atomic E-state index is 0.729. The monoisotopic (exact) mass is 270 g/mol. The highest BCUT2D eigenvalue weighted by Crippen LogP contribution is 2.35. The van der Waals surface area contributed by atoms with Crippen molar-refractivity contribution in [3.63, 3.8) is 0 Å². The van der Waals surface area contributed by atoms with Crippen LogP contribution in [0.15, 0.2) is 12.5 Å². The molecule has 1 heterocycles. The average Bonchev–Trinajstić information content (AvgIpc) is 2.58. The number of aromatic nitrogens is 2. The highest BCUT2D eigenvalue weighted by Gasteiger charge is 2.26. The largest absolute Gasteiger partial charge is 0.338 e. The molecule has 2 rings (SSSR count). The summed E-state index contributed by atoms with van der Waals surface area (Å²) in [6.45, 7) is 2.39. The third kappa shape index (κ3) is 2.63. The third-order valence-electron chi connectivity index (χ3n) is 3.69. The summed E-state index contributed by atoms with van der Waals surface area (Å²) < 4.78 is 2.14. The maximum Gasteiger partial charge on any atom is 0.0945 e. The van der Waals surface area contributed by atoms with Gasteiger partial charge in [-0.15, -0.1) is 0 Å². The quantitative estimate of drug-likeness (QED) is 0.755. The number of nitrogens with zero attached hydrogens (tertiary/aromatic N) is 2. The van der Waals surface area contributed by atoms with Gasteiger partial charge in [-0.25, -0.2) is 4.98 Å². The van der Waals surface area contributed by atoms with Crippen LogP contribution >= 0.6 is 15.9 Å². The molecule has 3 heteroatoms. The molecule has 1 aliphatic rings. The standard InChI is InChI=1S/C12H19BrN2/c1-9-3-4-11(13)5-10(9)6-12-7-14-8-15(12)2/h7-11H,3-6H2,1-2H3. The Morgan fingerprint density at radius 3 is 3.00 bits per heavy atom. The molecule has 1 aromatic heterocycles. The second-order valence-electron chi connectivity index (χ2n) is 4.85. The van der Waals surface area contributed by atoms with Gasteiger partial charge in [0.2, 0.25) is 0 Å². The Labute approximate surface area is 100 Å². The normalized spacial score (nSPS) is 31.8. The maximum atomic E-state index is 4.18. The van der Waals surface area contributed by atoms with Crippen LogP contribution in [-0.2, 0) is 13.5 Å². The molecule has 15 heavy (non-hydrogen) atoms. The Kier molecular flexibility index (Phi) is 3.49. The molecular weight excluding hydrogens is 252 g/mol. The summed E-state index contributed by atoms with van der Waals surface area (Å²) in [4.78, 5) is 4.91. The molecule has 0 aromatic carbocycles. The number of imidazole rings is 1. The van der Waals surface area contributed by atoms with E-state index in [4.69, 9.17) is 0 Å². The van der Waals surface area contributed by atoms with Crippen LogP contribution in [0.25, 0.3) is 0 Å². The fraction of sp³-hybridized carbons (Fsp3) is 0.750. The first-order chi connectivity index (χ1) is 7.16. The van der Waals surface area contributed by atoms with Crippen molar-refractivity contribution in [2.45, 2.75) is 37.4 Å². The Hall–Kier alpha value is -0.310. The van der Waals surface area contributed by atoms with Crippen LogP contribution in [0.1, 0.15) is 31.9 Å². The van der Waals surface area contributed by atoms with Gasteiger partial charge < -0.3 is 4.57 Å². The molecule has 0 spiro atoms. The number of aryl methyl sites for hydroxylation is 1. The van der Waals surface area contributed by atoms with Crippen molar-refractivity contribution in [3.8, 4) is 0 Å². The van der Waals surface area contributed by atoms with Gasteiger partial charge in [0.25, 0.3) is 0 Å². The first-order valence-corrected chi connectivity index (χ1v) is 6.67. The summed E-state index contributed by atoms with van der Waals surface area (Å²) in [5.74, 6) is 1.67. The number of hydrogen-bond donors (Lipinski definition) is 0. The van der Waals surface area contributed by atoms with Crippen molar-refractivity contribution in [2.75, 3.05) is 0 Å². The predicted molar refractivity (Wildman–Crippen MR) is 66.1 cm³/mol. The molecule has 0 saturated heterocycles. The summed E-state index contributed by atoms with van der Waals surface area (Å²) in [5.41, 5.74) is 1.37. The van der Waals surface area contributed by atoms with Gasteiger partial charge in [-0.05, 0) is 37.5 Å². The van der Waals surface area contributed by atoms with Crippen LogP contribution in [0.2, 0.25) is 0 Å². The van der Waals surface area contributed by atoms with E-state index < -0.39 is 0 Å². The SMILES string of the molecule is CC1CCC(Br)CC1Cc1cncn1C. The number of halogens is 1. The van der Waals surface area contributed by atoms with E-state index in [1.54, 1.807) is 0 Å². The zero-order valence-corrected chi connectivity index (χ0v) is 11.1. The minimum Gasteiger partial charge on any atom is -0.338 e. The van der Waals surface area contributed by atoms with Gasteiger partial charge in [0, 0.05) is 23.8 Å². The van der Waals surface area contributed by atoms with E-state index in [0.717, 1.165) is 16.7 Å². The van der Waals surface area contributed by atoms with E-state index in [1.807, 2.05) is 12.5 Å². The van der Waals surface area contributed by atoms with Crippen molar-refractivity contribution in [1.82, 2.24) is 9.55 Å². The van der Waals surface area contributed by atoms with Gasteiger partial charge in [-0.3, -0.25) is 0 Å². The van der Waals surface area contributed by atoms with Gasteiger partial charge in [0.05, 0.1) is 6.33 Å². The molecule has 0 N–H and O–H groups in total. The van der Waals surface area contributed by atoms with Crippen molar-refractivity contribution in [2.24, 2.45) is 18.9 Å². The lowest BCUT2D eigenvalue weighted by atomic mass is 9.78. The molecule has 0 radical (unpaired) electrons. The van der Waals surface area contributed by atoms with Crippen LogP contribution in [0.4, 0.5) is 0 Å². The highest BCUT2D eigenvalue weighted by atomic mass is 79.9. The minimum atomic E-state index is 0.729. The fourth-order valence-corrected chi connectivity index (χ4v) is 3.24. The predicted octanol–water partition coefficient (Wildman–Crippen LogP) is 3.16. The second kappa shape index (κ2) is 4.69. The number of rotatable bonds is 2. The lowest BCUT2D eigenvalue weighted by Crippen LogP contribution is -2.25. The van der Waals surface area contributed by atoms with Crippen LogP contribution in [0.3, 0.4) is 0 Å². The zero-order chi connectivity index (χ0) is 10.8. The molecule has 1 aliphatic carbocycles. The average molecular weight is 271 g/mol. The second-order valence-corrected chi connectivity index (χ2v) is 6.14. The number of hydrogen-bond acceptors (Lipinski definition) is 1. The maximum absolute atomic E-state index is 4.18. The van der Waals surface area contributed by atoms with E-state index in [0.29, 0.717) is 0 Å². The van der Waals surface area contributed by atoms with Crippen molar-refractivity contribution in [3.05, 3.63) is 18.2 Å². The molecule has 0 bridgehead atoms. The molecular formula is C12H19BrN2. The lowest BCUT2D eigenvalue weighted by molar-refractivity contribution is 0.260. The number of alkyl halides is 1. The summed E-state index contributed by atoms with van der Waals surface area (Å²) in [6.07, 6.45) is 9.09. The van der Waals surface area contributed by atoms with Crippen LogP contribution in [0.5, 0.6) is 0 Å². The van der Waals surface area contributed by atoms with Gasteiger partial charge in [0.1, 0.15) is 0 Å². The zero-order valence-electron chi connectivity index (χ0n) is 9.49. The highest BCUT2D eigenvalue weighted by molar-refractivity contribution is 9.09. The van der Waals surface area contributed by atoms with Crippen molar-refractivity contribution >= 4 is 15.9 Å². The molecule has 1 fully saturated rings. The summed E-state index contributed by atoms with van der Waals surface area (Å²) in [7, 11) is 2.08. The summed E-state index contributed by atoms with van der Waals surface area (Å²) >= 11 is 3.76. The first-order valence-electron chi connectivity index (χ1n) is 5.76. The third-order valence-corrected chi connectivity index (χ3v) is 4.52. The molecule has 1 saturated carbocycles. The molecule has 3 atom stereocenters. The summed E-state index contributed by atoms with van der Waals surface area (Å²) in [5, 5.41) is 0. The summed E-state index contributed by atoms with van der Waals surface area (Å²) in [6, 6.07) is 0. The topological polar surface area (TPSA) is 17.8 Å². The lowest BCUT2D eigenvalue weighted by Gasteiger charge is -2.31. The van der Waals surface area contributed by atoms with Crippen LogP contribution in [-0.4, -0.2) is 14.4 Å². The van der Waals surface area contributed by atoms with Gasteiger partial charge >= 0.3 is 0 Å². The first kappa shape index (κ1) is 11.2. The van der Waals surface area contributed by atoms with Crippen molar-refractivity contribution < 1.29 is 0 Å². The van der Waals surface area contributed by atoms with E-state index in [1.165, 1.54) is 31.4 Å². The Morgan fingerprint density at radius 1 is 1.53 bits per heavy atom. The van der Waals surface area contributed by atoms with E-state index >= 15 is 0 Å². The van der Waals surface area contributed by atoms with Gasteiger partial charge in [-0.1, -0.05) is 22.9 Å².